The van der Waals surface area contributed by atoms with E-state index in [-0.39, 0.29) is 5.91 Å². The highest BCUT2D eigenvalue weighted by Gasteiger charge is 2.22. The van der Waals surface area contributed by atoms with Crippen molar-refractivity contribution in [1.29, 1.82) is 0 Å². The van der Waals surface area contributed by atoms with E-state index in [1.807, 2.05) is 41.3 Å². The van der Waals surface area contributed by atoms with E-state index in [9.17, 15) is 4.79 Å². The van der Waals surface area contributed by atoms with Crippen molar-refractivity contribution < 1.29 is 4.79 Å². The molecule has 0 spiro atoms. The lowest BCUT2D eigenvalue weighted by atomic mass is 10.0. The van der Waals surface area contributed by atoms with Crippen LogP contribution in [0.2, 0.25) is 0 Å². The van der Waals surface area contributed by atoms with Crippen molar-refractivity contribution in [2.45, 2.75) is 18.0 Å². The van der Waals surface area contributed by atoms with Gasteiger partial charge in [0.05, 0.1) is 5.75 Å². The number of para-hydroxylation sites is 1. The first kappa shape index (κ1) is 15.8. The van der Waals surface area contributed by atoms with Crippen LogP contribution in [0.25, 0.3) is 5.82 Å². The molecule has 25 heavy (non-hydrogen) atoms. The molecule has 6 nitrogen and oxygen atoms in total. The molecule has 0 aliphatic carbocycles. The fourth-order valence-corrected chi connectivity index (χ4v) is 3.77. The zero-order chi connectivity index (χ0) is 17.1. The predicted octanol–water partition coefficient (Wildman–Crippen LogP) is 2.73. The van der Waals surface area contributed by atoms with Gasteiger partial charge in [0.15, 0.2) is 5.16 Å². The molecule has 0 bridgehead atoms. The predicted molar refractivity (Wildman–Crippen MR) is 97.0 cm³/mol. The first-order valence-electron chi connectivity index (χ1n) is 8.15. The summed E-state index contributed by atoms with van der Waals surface area (Å²) in [6.07, 6.45) is 5.36. The van der Waals surface area contributed by atoms with Gasteiger partial charge < -0.3 is 4.90 Å². The van der Waals surface area contributed by atoms with Gasteiger partial charge in [-0.2, -0.15) is 0 Å². The Hall–Kier alpha value is -2.67. The highest BCUT2D eigenvalue weighted by atomic mass is 32.2. The van der Waals surface area contributed by atoms with Crippen LogP contribution in [0.4, 0.5) is 5.69 Å². The lowest BCUT2D eigenvalue weighted by Crippen LogP contribution is -2.36. The third kappa shape index (κ3) is 3.28. The summed E-state index contributed by atoms with van der Waals surface area (Å²) < 4.78 is 1.79. The minimum Gasteiger partial charge on any atom is -0.311 e. The number of aromatic nitrogens is 4. The summed E-state index contributed by atoms with van der Waals surface area (Å²) in [6.45, 7) is 0.767. The summed E-state index contributed by atoms with van der Waals surface area (Å²) in [4.78, 5) is 18.9. The Morgan fingerprint density at radius 2 is 2.04 bits per heavy atom. The Kier molecular flexibility index (Phi) is 4.47. The van der Waals surface area contributed by atoms with Crippen LogP contribution in [0, 0.1) is 0 Å². The Morgan fingerprint density at radius 1 is 1.16 bits per heavy atom. The van der Waals surface area contributed by atoms with E-state index in [0.29, 0.717) is 10.9 Å². The van der Waals surface area contributed by atoms with Crippen molar-refractivity contribution in [3.05, 3.63) is 60.6 Å². The van der Waals surface area contributed by atoms with Crippen molar-refractivity contribution in [2.75, 3.05) is 17.2 Å². The molecule has 2 aromatic heterocycles. The summed E-state index contributed by atoms with van der Waals surface area (Å²) >= 11 is 1.38. The standard InChI is InChI=1S/C18H17N5OS/c24-17(22-11-5-7-14-6-1-2-8-15(14)22)12-25-18-21-20-13-23(18)16-9-3-4-10-19-16/h1-4,6,8-10,13H,5,7,11-12H2. The molecule has 0 atom stereocenters. The van der Waals surface area contributed by atoms with Crippen LogP contribution < -0.4 is 4.90 Å². The summed E-state index contributed by atoms with van der Waals surface area (Å²) in [5, 5.41) is 8.74. The maximum atomic E-state index is 12.7. The second kappa shape index (κ2) is 7.06. The zero-order valence-electron chi connectivity index (χ0n) is 13.6. The average molecular weight is 351 g/mol. The topological polar surface area (TPSA) is 63.9 Å². The van der Waals surface area contributed by atoms with Crippen molar-refractivity contribution in [3.8, 4) is 5.82 Å². The molecule has 0 saturated heterocycles. The Bertz CT molecular complexity index is 880. The number of anilines is 1. The number of aryl methyl sites for hydroxylation is 1. The Labute approximate surface area is 149 Å². The van der Waals surface area contributed by atoms with Gasteiger partial charge in [0.25, 0.3) is 0 Å². The second-order valence-corrected chi connectivity index (χ2v) is 6.68. The van der Waals surface area contributed by atoms with E-state index in [4.69, 9.17) is 0 Å². The number of benzene rings is 1. The van der Waals surface area contributed by atoms with Gasteiger partial charge in [-0.3, -0.25) is 9.36 Å². The van der Waals surface area contributed by atoms with Crippen LogP contribution in [0.5, 0.6) is 0 Å². The van der Waals surface area contributed by atoms with Crippen LogP contribution in [0.1, 0.15) is 12.0 Å². The van der Waals surface area contributed by atoms with Gasteiger partial charge >= 0.3 is 0 Å². The van der Waals surface area contributed by atoms with Gasteiger partial charge in [-0.25, -0.2) is 4.98 Å². The van der Waals surface area contributed by atoms with E-state index in [2.05, 4.69) is 21.2 Å². The van der Waals surface area contributed by atoms with Crippen LogP contribution in [-0.2, 0) is 11.2 Å². The van der Waals surface area contributed by atoms with Crippen LogP contribution in [-0.4, -0.2) is 38.0 Å². The van der Waals surface area contributed by atoms with E-state index >= 15 is 0 Å². The molecular weight excluding hydrogens is 334 g/mol. The number of carbonyl (C=O) groups is 1. The van der Waals surface area contributed by atoms with Gasteiger partial charge in [0, 0.05) is 18.4 Å². The molecule has 1 aliphatic heterocycles. The second-order valence-electron chi connectivity index (χ2n) is 5.74. The van der Waals surface area contributed by atoms with E-state index in [1.165, 1.54) is 17.3 Å². The Balaban J connectivity index is 1.48. The number of pyridine rings is 1. The fourth-order valence-electron chi connectivity index (χ4n) is 2.97. The first-order chi connectivity index (χ1) is 12.3. The van der Waals surface area contributed by atoms with Crippen molar-refractivity contribution in [3.63, 3.8) is 0 Å². The Morgan fingerprint density at radius 3 is 2.92 bits per heavy atom. The van der Waals surface area contributed by atoms with Gasteiger partial charge in [-0.1, -0.05) is 36.0 Å². The minimum absolute atomic E-state index is 0.0905. The SMILES string of the molecule is O=C(CSc1nncn1-c1ccccn1)N1CCCc2ccccc21. The lowest BCUT2D eigenvalue weighted by molar-refractivity contribution is -0.116. The molecule has 126 valence electrons. The average Bonchev–Trinajstić information content (AvgIpc) is 3.15. The third-order valence-electron chi connectivity index (χ3n) is 4.15. The number of carbonyl (C=O) groups excluding carboxylic acids is 1. The number of hydrogen-bond donors (Lipinski definition) is 0. The monoisotopic (exact) mass is 351 g/mol. The van der Waals surface area contributed by atoms with Crippen LogP contribution >= 0.6 is 11.8 Å². The quantitative estimate of drug-likeness (QED) is 0.676. The van der Waals surface area contributed by atoms with Gasteiger partial charge in [-0.05, 0) is 36.6 Å². The molecule has 3 aromatic rings. The zero-order valence-corrected chi connectivity index (χ0v) is 14.4. The molecule has 4 rings (SSSR count). The van der Waals surface area contributed by atoms with E-state index in [1.54, 1.807) is 17.1 Å². The summed E-state index contributed by atoms with van der Waals surface area (Å²) in [5.74, 6) is 1.15. The number of thioether (sulfide) groups is 1. The molecule has 1 aromatic carbocycles. The van der Waals surface area contributed by atoms with Gasteiger partial charge in [0.1, 0.15) is 12.1 Å². The largest absolute Gasteiger partial charge is 0.311 e. The maximum Gasteiger partial charge on any atom is 0.237 e. The van der Waals surface area contributed by atoms with Crippen LogP contribution in [0.3, 0.4) is 0 Å². The van der Waals surface area contributed by atoms with Crippen molar-refractivity contribution in [2.24, 2.45) is 0 Å². The summed E-state index contributed by atoms with van der Waals surface area (Å²) in [7, 11) is 0. The van der Waals surface area contributed by atoms with Gasteiger partial charge in [-0.15, -0.1) is 10.2 Å². The third-order valence-corrected chi connectivity index (χ3v) is 5.08. The first-order valence-corrected chi connectivity index (χ1v) is 9.14. The number of fused-ring (bicyclic) bond motifs is 1. The van der Waals surface area contributed by atoms with E-state index < -0.39 is 0 Å². The molecule has 0 saturated carbocycles. The fraction of sp³-hybridized carbons (Fsp3) is 0.222. The highest BCUT2D eigenvalue weighted by molar-refractivity contribution is 7.99. The summed E-state index contributed by atoms with van der Waals surface area (Å²) in [5.41, 5.74) is 2.27. The number of amides is 1. The molecule has 0 radical (unpaired) electrons. The number of hydrogen-bond acceptors (Lipinski definition) is 5. The molecular formula is C18H17N5OS. The normalized spacial score (nSPS) is 13.5. The highest BCUT2D eigenvalue weighted by Crippen LogP contribution is 2.28. The maximum absolute atomic E-state index is 12.7. The number of rotatable bonds is 4. The molecule has 1 aliphatic rings. The molecule has 0 N–H and O–H groups in total. The van der Waals surface area contributed by atoms with Crippen molar-refractivity contribution in [1.82, 2.24) is 19.7 Å². The molecule has 0 unspecified atom stereocenters. The number of nitrogens with zero attached hydrogens (tertiary/aromatic N) is 5. The van der Waals surface area contributed by atoms with Crippen molar-refractivity contribution >= 4 is 23.4 Å². The summed E-state index contributed by atoms with van der Waals surface area (Å²) in [6, 6.07) is 13.8. The molecule has 0 fully saturated rings. The van der Waals surface area contributed by atoms with Gasteiger partial charge in [0.2, 0.25) is 5.91 Å². The molecule has 3 heterocycles. The minimum atomic E-state index is 0.0905. The molecule has 7 heteroatoms. The lowest BCUT2D eigenvalue weighted by Gasteiger charge is -2.29. The van der Waals surface area contributed by atoms with Crippen LogP contribution in [0.15, 0.2) is 60.1 Å². The molecule has 1 amide bonds. The van der Waals surface area contributed by atoms with E-state index in [0.717, 1.165) is 30.9 Å². The smallest absolute Gasteiger partial charge is 0.237 e.